The first-order chi connectivity index (χ1) is 12.7. The summed E-state index contributed by atoms with van der Waals surface area (Å²) in [6.07, 6.45) is -0.145. The number of sulfonamides is 1. The van der Waals surface area contributed by atoms with E-state index in [2.05, 4.69) is 15.0 Å². The van der Waals surface area contributed by atoms with Crippen LogP contribution in [0.1, 0.15) is 28.7 Å². The number of amides is 1. The van der Waals surface area contributed by atoms with Crippen LogP contribution >= 0.6 is 11.3 Å². The fourth-order valence-corrected chi connectivity index (χ4v) is 3.92. The van der Waals surface area contributed by atoms with Crippen molar-refractivity contribution in [3.8, 4) is 0 Å². The van der Waals surface area contributed by atoms with Crippen LogP contribution in [0.3, 0.4) is 0 Å². The molecule has 146 valence electrons. The van der Waals surface area contributed by atoms with E-state index in [1.165, 1.54) is 0 Å². The molecule has 8 nitrogen and oxygen atoms in total. The van der Waals surface area contributed by atoms with Crippen LogP contribution in [0.2, 0.25) is 0 Å². The number of hydrogen-bond acceptors (Lipinski definition) is 7. The number of rotatable bonds is 8. The van der Waals surface area contributed by atoms with Crippen LogP contribution in [0, 0.1) is 12.7 Å². The minimum absolute atomic E-state index is 0.0982. The van der Waals surface area contributed by atoms with Crippen LogP contribution in [0.15, 0.2) is 29.2 Å². The van der Waals surface area contributed by atoms with Crippen LogP contribution in [-0.4, -0.2) is 38.4 Å². The van der Waals surface area contributed by atoms with Gasteiger partial charge in [-0.25, -0.2) is 27.3 Å². The molecule has 0 unspecified atom stereocenters. The molecule has 0 radical (unpaired) electrons. The Hall–Kier alpha value is -2.37. The van der Waals surface area contributed by atoms with E-state index in [0.717, 1.165) is 35.6 Å². The van der Waals surface area contributed by atoms with Crippen LogP contribution in [-0.2, 0) is 19.6 Å². The summed E-state index contributed by atoms with van der Waals surface area (Å²) in [6, 6.07) is 4.33. The quantitative estimate of drug-likeness (QED) is 0.638. The first kappa shape index (κ1) is 20.9. The predicted octanol–water partition coefficient (Wildman–Crippen LogP) is 2.07. The first-order valence-electron chi connectivity index (χ1n) is 7.92. The lowest BCUT2D eigenvalue weighted by molar-refractivity contribution is -0.116. The molecule has 0 saturated carbocycles. The molecule has 0 spiro atoms. The minimum atomic E-state index is -3.84. The fourth-order valence-electron chi connectivity index (χ4n) is 2.01. The molecular weight excluding hydrogens is 397 g/mol. The number of anilines is 1. The number of aryl methyl sites for hydroxylation is 1. The standard InChI is InChI=1S/C16H18FN3O5S2/c1-3-25-15(22)14-10(2)19-16(26-14)20-13(21)8-9-18-27(23,24)12-6-4-11(17)5-7-12/h4-7,18H,3,8-9H2,1-2H3,(H,19,20,21). The van der Waals surface area contributed by atoms with E-state index < -0.39 is 27.7 Å². The lowest BCUT2D eigenvalue weighted by Crippen LogP contribution is -2.27. The number of hydrogen-bond donors (Lipinski definition) is 2. The van der Waals surface area contributed by atoms with Crippen molar-refractivity contribution in [3.05, 3.63) is 40.7 Å². The van der Waals surface area contributed by atoms with Crippen LogP contribution in [0.4, 0.5) is 9.52 Å². The van der Waals surface area contributed by atoms with Gasteiger partial charge in [0.25, 0.3) is 0 Å². The smallest absolute Gasteiger partial charge is 0.350 e. The molecule has 0 bridgehead atoms. The van der Waals surface area contributed by atoms with Crippen LogP contribution in [0.25, 0.3) is 0 Å². The minimum Gasteiger partial charge on any atom is -0.462 e. The van der Waals surface area contributed by atoms with Gasteiger partial charge in [0.1, 0.15) is 10.7 Å². The zero-order valence-electron chi connectivity index (χ0n) is 14.6. The Kier molecular flexibility index (Phi) is 6.99. The van der Waals surface area contributed by atoms with Gasteiger partial charge < -0.3 is 10.1 Å². The first-order valence-corrected chi connectivity index (χ1v) is 10.2. The summed E-state index contributed by atoms with van der Waals surface area (Å²) < 4.78 is 44.1. The molecule has 1 heterocycles. The van der Waals surface area contributed by atoms with Crippen molar-refractivity contribution < 1.29 is 27.1 Å². The van der Waals surface area contributed by atoms with Crippen LogP contribution in [0.5, 0.6) is 0 Å². The van der Waals surface area contributed by atoms with Gasteiger partial charge >= 0.3 is 5.97 Å². The van der Waals surface area contributed by atoms with Crippen LogP contribution < -0.4 is 10.0 Å². The number of nitrogens with zero attached hydrogens (tertiary/aromatic N) is 1. The van der Waals surface area contributed by atoms with E-state index in [0.29, 0.717) is 10.6 Å². The molecule has 0 aliphatic carbocycles. The van der Waals surface area contributed by atoms with Gasteiger partial charge in [-0.15, -0.1) is 0 Å². The highest BCUT2D eigenvalue weighted by Crippen LogP contribution is 2.23. The van der Waals surface area contributed by atoms with Gasteiger partial charge in [0, 0.05) is 13.0 Å². The van der Waals surface area contributed by atoms with Gasteiger partial charge in [-0.2, -0.15) is 0 Å². The van der Waals surface area contributed by atoms with Crippen molar-refractivity contribution in [1.82, 2.24) is 9.71 Å². The molecule has 1 aromatic heterocycles. The molecule has 0 aliphatic rings. The van der Waals surface area contributed by atoms with E-state index >= 15 is 0 Å². The average molecular weight is 415 g/mol. The van der Waals surface area contributed by atoms with Crippen molar-refractivity contribution in [2.45, 2.75) is 25.2 Å². The summed E-state index contributed by atoms with van der Waals surface area (Å²) in [5, 5.41) is 2.73. The van der Waals surface area contributed by atoms with Gasteiger partial charge in [-0.3, -0.25) is 4.79 Å². The van der Waals surface area contributed by atoms with Gasteiger partial charge in [0.2, 0.25) is 15.9 Å². The Morgan fingerprint density at radius 2 is 1.93 bits per heavy atom. The number of aromatic nitrogens is 1. The number of benzene rings is 1. The molecule has 2 aromatic rings. The summed E-state index contributed by atoms with van der Waals surface area (Å²) in [6.45, 7) is 3.38. The molecule has 2 N–H and O–H groups in total. The lowest BCUT2D eigenvalue weighted by Gasteiger charge is -2.06. The Morgan fingerprint density at radius 3 is 2.56 bits per heavy atom. The molecule has 0 atom stereocenters. The topological polar surface area (TPSA) is 114 Å². The fraction of sp³-hybridized carbons (Fsp3) is 0.312. The number of esters is 1. The summed E-state index contributed by atoms with van der Waals surface area (Å²) in [4.78, 5) is 28.0. The normalized spacial score (nSPS) is 11.2. The second kappa shape index (κ2) is 9.02. The molecule has 0 fully saturated rings. The molecule has 2 rings (SSSR count). The summed E-state index contributed by atoms with van der Waals surface area (Å²) in [5.74, 6) is -1.53. The number of carbonyl (C=O) groups is 2. The predicted molar refractivity (Wildman–Crippen MR) is 97.6 cm³/mol. The Labute approximate surface area is 159 Å². The van der Waals surface area contributed by atoms with Crippen molar-refractivity contribution in [2.24, 2.45) is 0 Å². The second-order valence-corrected chi connectivity index (χ2v) is 8.07. The Bertz CT molecular complexity index is 926. The maximum Gasteiger partial charge on any atom is 0.350 e. The zero-order valence-corrected chi connectivity index (χ0v) is 16.2. The third-order valence-electron chi connectivity index (χ3n) is 3.27. The van der Waals surface area contributed by atoms with Gasteiger partial charge in [0.15, 0.2) is 5.13 Å². The summed E-state index contributed by atoms with van der Waals surface area (Å²) in [5.41, 5.74) is 0.436. The van der Waals surface area contributed by atoms with Crippen molar-refractivity contribution >= 4 is 38.4 Å². The zero-order chi connectivity index (χ0) is 20.0. The molecule has 27 heavy (non-hydrogen) atoms. The molecule has 0 aliphatic heterocycles. The van der Waals surface area contributed by atoms with Crippen molar-refractivity contribution in [1.29, 1.82) is 0 Å². The maximum absolute atomic E-state index is 12.9. The molecule has 1 amide bonds. The Morgan fingerprint density at radius 1 is 1.26 bits per heavy atom. The average Bonchev–Trinajstić information content (AvgIpc) is 2.95. The third-order valence-corrected chi connectivity index (χ3v) is 5.80. The largest absolute Gasteiger partial charge is 0.462 e. The van der Waals surface area contributed by atoms with Gasteiger partial charge in [-0.1, -0.05) is 11.3 Å². The Balaban J connectivity index is 1.88. The molecular formula is C16H18FN3O5S2. The summed E-state index contributed by atoms with van der Waals surface area (Å²) in [7, 11) is -3.84. The maximum atomic E-state index is 12.9. The van der Waals surface area contributed by atoms with E-state index in [9.17, 15) is 22.4 Å². The van der Waals surface area contributed by atoms with E-state index in [1.807, 2.05) is 0 Å². The van der Waals surface area contributed by atoms with E-state index in [1.54, 1.807) is 13.8 Å². The number of carbonyl (C=O) groups excluding carboxylic acids is 2. The van der Waals surface area contributed by atoms with E-state index in [4.69, 9.17) is 4.74 Å². The highest BCUT2D eigenvalue weighted by atomic mass is 32.2. The van der Waals surface area contributed by atoms with E-state index in [-0.39, 0.29) is 29.6 Å². The summed E-state index contributed by atoms with van der Waals surface area (Å²) >= 11 is 0.981. The highest BCUT2D eigenvalue weighted by Gasteiger charge is 2.18. The van der Waals surface area contributed by atoms with Crippen molar-refractivity contribution in [3.63, 3.8) is 0 Å². The number of nitrogens with one attached hydrogen (secondary N) is 2. The lowest BCUT2D eigenvalue weighted by atomic mass is 10.4. The SMILES string of the molecule is CCOC(=O)c1sc(NC(=O)CCNS(=O)(=O)c2ccc(F)cc2)nc1C. The molecule has 1 aromatic carbocycles. The third kappa shape index (κ3) is 5.81. The van der Waals surface area contributed by atoms with Crippen molar-refractivity contribution in [2.75, 3.05) is 18.5 Å². The molecule has 0 saturated heterocycles. The monoisotopic (exact) mass is 415 g/mol. The van der Waals surface area contributed by atoms with Gasteiger partial charge in [-0.05, 0) is 38.1 Å². The number of thiazole rings is 1. The second-order valence-electron chi connectivity index (χ2n) is 5.30. The number of halogens is 1. The number of ether oxygens (including phenoxy) is 1. The molecule has 11 heteroatoms. The van der Waals surface area contributed by atoms with Gasteiger partial charge in [0.05, 0.1) is 17.2 Å². The highest BCUT2D eigenvalue weighted by molar-refractivity contribution is 7.89.